The van der Waals surface area contributed by atoms with E-state index in [1.165, 1.54) is 0 Å². The predicted octanol–water partition coefficient (Wildman–Crippen LogP) is 3.19. The Labute approximate surface area is 306 Å². The molecular weight excluding hydrogens is 732 g/mol. The maximum absolute atomic E-state index is 13.9. The van der Waals surface area contributed by atoms with E-state index in [0.717, 1.165) is 54.6 Å². The van der Waals surface area contributed by atoms with Crippen molar-refractivity contribution >= 4 is 5.97 Å². The lowest BCUT2D eigenvalue weighted by Crippen LogP contribution is -2.59. The highest BCUT2D eigenvalue weighted by molar-refractivity contribution is 5.91. The van der Waals surface area contributed by atoms with Gasteiger partial charge in [-0.1, -0.05) is 0 Å². The van der Waals surface area contributed by atoms with E-state index in [2.05, 4.69) is 0 Å². The molecule has 0 aromatic heterocycles. The fourth-order valence-corrected chi connectivity index (χ4v) is 7.26. The normalized spacial score (nSPS) is 21.8. The lowest BCUT2D eigenvalue weighted by Gasteiger charge is -2.51. The summed E-state index contributed by atoms with van der Waals surface area (Å²) >= 11 is 0. The fraction of sp³-hybridized carbons (Fsp3) is 0.162. The van der Waals surface area contributed by atoms with Crippen molar-refractivity contribution in [3.63, 3.8) is 0 Å². The van der Waals surface area contributed by atoms with Crippen LogP contribution < -0.4 is 14.2 Å². The van der Waals surface area contributed by atoms with E-state index in [4.69, 9.17) is 18.9 Å². The van der Waals surface area contributed by atoms with Gasteiger partial charge in [-0.2, -0.15) is 0 Å². The number of ether oxygens (including phenoxy) is 4. The van der Waals surface area contributed by atoms with Crippen molar-refractivity contribution in [3.8, 4) is 86.2 Å². The molecule has 0 unspecified atom stereocenters. The zero-order valence-corrected chi connectivity index (χ0v) is 27.6. The van der Waals surface area contributed by atoms with Crippen molar-refractivity contribution in [1.29, 1.82) is 0 Å². The molecule has 18 nitrogen and oxygen atoms in total. The Morgan fingerprint density at radius 1 is 0.618 bits per heavy atom. The summed E-state index contributed by atoms with van der Waals surface area (Å²) in [6.45, 7) is 0. The van der Waals surface area contributed by atoms with Crippen LogP contribution in [0.1, 0.15) is 50.2 Å². The Hall–Kier alpha value is -7.47. The average Bonchev–Trinajstić information content (AvgIpc) is 3.11. The van der Waals surface area contributed by atoms with Gasteiger partial charge in [0.2, 0.25) is 0 Å². The monoisotopic (exact) mass is 760 g/mol. The van der Waals surface area contributed by atoms with E-state index in [9.17, 15) is 71.2 Å². The first-order valence-electron chi connectivity index (χ1n) is 16.1. The summed E-state index contributed by atoms with van der Waals surface area (Å²) in [7, 11) is 0. The molecule has 0 radical (unpaired) electrons. The van der Waals surface area contributed by atoms with E-state index in [-0.39, 0.29) is 51.5 Å². The van der Waals surface area contributed by atoms with Crippen LogP contribution in [0.5, 0.6) is 86.2 Å². The van der Waals surface area contributed by atoms with Crippen LogP contribution >= 0.6 is 0 Å². The molecule has 55 heavy (non-hydrogen) atoms. The summed E-state index contributed by atoms with van der Waals surface area (Å²) in [5.74, 6) is -15.8. The molecule has 3 aliphatic heterocycles. The van der Waals surface area contributed by atoms with Gasteiger partial charge in [-0.3, -0.25) is 0 Å². The number of aromatic hydroxyl groups is 12. The Bertz CT molecular complexity index is 2410. The lowest BCUT2D eigenvalue weighted by molar-refractivity contribution is -0.219. The highest BCUT2D eigenvalue weighted by atomic mass is 16.7. The van der Waals surface area contributed by atoms with Crippen LogP contribution in [0.4, 0.5) is 0 Å². The third kappa shape index (κ3) is 5.10. The summed E-state index contributed by atoms with van der Waals surface area (Å²) in [5, 5.41) is 137. The van der Waals surface area contributed by atoms with Gasteiger partial charge in [0.1, 0.15) is 34.5 Å². The largest absolute Gasteiger partial charge is 0.508 e. The van der Waals surface area contributed by atoms with Crippen LogP contribution in [0.3, 0.4) is 0 Å². The molecule has 5 atom stereocenters. The first kappa shape index (κ1) is 34.6. The molecular formula is C37H28O18. The van der Waals surface area contributed by atoms with Crippen LogP contribution in [-0.4, -0.2) is 84.6 Å². The number of phenols is 12. The van der Waals surface area contributed by atoms with E-state index in [0.29, 0.717) is 0 Å². The van der Waals surface area contributed by atoms with E-state index in [1.807, 2.05) is 0 Å². The quantitative estimate of drug-likeness (QED) is 0.0924. The minimum atomic E-state index is -2.56. The van der Waals surface area contributed by atoms with Gasteiger partial charge < -0.3 is 85.3 Å². The third-order valence-electron chi connectivity index (χ3n) is 9.73. The molecule has 3 heterocycles. The molecule has 2 bridgehead atoms. The van der Waals surface area contributed by atoms with Crippen molar-refractivity contribution in [2.75, 3.05) is 0 Å². The number of rotatable bonds is 4. The highest BCUT2D eigenvalue weighted by Gasteiger charge is 2.63. The molecule has 0 amide bonds. The molecule has 18 heteroatoms. The molecule has 13 N–H and O–H groups in total. The van der Waals surface area contributed by atoms with Crippen LogP contribution in [0, 0.1) is 0 Å². The molecule has 5 aromatic carbocycles. The first-order chi connectivity index (χ1) is 26.0. The summed E-state index contributed by atoms with van der Waals surface area (Å²) < 4.78 is 25.0. The summed E-state index contributed by atoms with van der Waals surface area (Å²) in [6, 6.07) is 8.39. The number of aliphatic hydroxyl groups is 1. The number of hydrogen-bond donors (Lipinski definition) is 13. The smallest absolute Gasteiger partial charge is 0.339 e. The van der Waals surface area contributed by atoms with Crippen LogP contribution in [-0.2, 0) is 16.9 Å². The Morgan fingerprint density at radius 2 is 1.15 bits per heavy atom. The summed E-state index contributed by atoms with van der Waals surface area (Å²) in [5.41, 5.74) is -1.22. The molecule has 0 fully saturated rings. The van der Waals surface area contributed by atoms with Gasteiger partial charge in [0.05, 0.1) is 17.6 Å². The van der Waals surface area contributed by atoms with E-state index in [1.54, 1.807) is 0 Å². The van der Waals surface area contributed by atoms with Crippen LogP contribution in [0.15, 0.2) is 54.6 Å². The molecule has 8 rings (SSSR count). The second-order valence-corrected chi connectivity index (χ2v) is 13.1. The lowest BCUT2D eigenvalue weighted by atomic mass is 9.74. The number of phenolic OH excluding ortho intramolecular Hbond substituents is 12. The second-order valence-electron chi connectivity index (χ2n) is 13.1. The number of carbonyl (C=O) groups is 1. The van der Waals surface area contributed by atoms with Crippen molar-refractivity contribution in [2.24, 2.45) is 0 Å². The van der Waals surface area contributed by atoms with Gasteiger partial charge >= 0.3 is 11.8 Å². The van der Waals surface area contributed by atoms with Crippen LogP contribution in [0.25, 0.3) is 0 Å². The number of carbonyl (C=O) groups excluding carboxylic acids is 1. The summed E-state index contributed by atoms with van der Waals surface area (Å²) in [6.07, 6.45) is -5.14. The van der Waals surface area contributed by atoms with Crippen molar-refractivity contribution in [2.45, 2.75) is 36.4 Å². The Kier molecular flexibility index (Phi) is 7.41. The Morgan fingerprint density at radius 3 is 1.73 bits per heavy atom. The van der Waals surface area contributed by atoms with E-state index >= 15 is 0 Å². The number of esters is 1. The molecule has 0 aliphatic carbocycles. The maximum atomic E-state index is 13.9. The maximum Gasteiger partial charge on any atom is 0.339 e. The van der Waals surface area contributed by atoms with E-state index < -0.39 is 111 Å². The summed E-state index contributed by atoms with van der Waals surface area (Å²) in [4.78, 5) is 13.9. The number of fused-ring (bicyclic) bond motifs is 8. The zero-order valence-electron chi connectivity index (χ0n) is 27.6. The van der Waals surface area contributed by atoms with Gasteiger partial charge in [-0.25, -0.2) is 4.79 Å². The number of aliphatic hydroxyl groups excluding tert-OH is 1. The molecule has 0 spiro atoms. The molecule has 284 valence electrons. The fourth-order valence-electron chi connectivity index (χ4n) is 7.26. The topological polar surface area (TPSA) is 317 Å². The Balaban J connectivity index is 1.41. The first-order valence-corrected chi connectivity index (χ1v) is 16.1. The minimum absolute atomic E-state index is 0.0319. The third-order valence-corrected chi connectivity index (χ3v) is 9.73. The molecule has 3 aliphatic rings. The minimum Gasteiger partial charge on any atom is -0.508 e. The number of hydrogen-bond acceptors (Lipinski definition) is 18. The zero-order chi connectivity index (χ0) is 39.4. The highest BCUT2D eigenvalue weighted by Crippen LogP contribution is 2.63. The van der Waals surface area contributed by atoms with Crippen molar-refractivity contribution in [1.82, 2.24) is 0 Å². The second kappa shape index (κ2) is 11.8. The van der Waals surface area contributed by atoms with Crippen molar-refractivity contribution < 1.29 is 90.1 Å². The van der Waals surface area contributed by atoms with Gasteiger partial charge in [-0.15, -0.1) is 0 Å². The van der Waals surface area contributed by atoms with Crippen molar-refractivity contribution in [3.05, 3.63) is 88.0 Å². The van der Waals surface area contributed by atoms with Gasteiger partial charge in [0, 0.05) is 52.4 Å². The standard InChI is InChI=1S/C37H28O18/c38-14-7-17(40)27-25(8-14)54-37(13-5-22(45)32(50)23(46)6-13)35(53-36(51)12-3-20(43)31(49)21(44)4-12)29(27)28-26(55-37)10-16(39)15-9-24(47)33(52-34(15)28)11-1-18(41)30(48)19(42)2-11/h1-8,10,24,29,33,35,38-50H,9H2/t24-,29+,33+,35-,37-/m0/s1. The van der Waals surface area contributed by atoms with Gasteiger partial charge in [0.15, 0.2) is 64.0 Å². The SMILES string of the molecule is O=C(O[C@H]1[C@@H]2c3c(O)cc(O)cc3O[C@@]1(c1cc(O)c(O)c(O)c1)Oc1cc(O)c3c(c12)O[C@H](c1cc(O)c(O)c(O)c1)[C@@H](O)C3)c1cc(O)c(O)c(O)c1. The average molecular weight is 761 g/mol. The predicted molar refractivity (Wildman–Crippen MR) is 179 cm³/mol. The van der Waals surface area contributed by atoms with Gasteiger partial charge in [0.25, 0.3) is 0 Å². The molecule has 5 aromatic rings. The van der Waals surface area contributed by atoms with Crippen LogP contribution in [0.2, 0.25) is 0 Å². The molecule has 0 saturated carbocycles. The molecule has 0 saturated heterocycles. The number of benzene rings is 5. The van der Waals surface area contributed by atoms with Gasteiger partial charge in [-0.05, 0) is 36.4 Å².